The van der Waals surface area contributed by atoms with Crippen molar-refractivity contribution in [2.24, 2.45) is 0 Å². The van der Waals surface area contributed by atoms with Gasteiger partial charge in [0.2, 0.25) is 5.91 Å². The van der Waals surface area contributed by atoms with Gasteiger partial charge < -0.3 is 9.30 Å². The molecule has 0 saturated carbocycles. The zero-order chi connectivity index (χ0) is 25.4. The van der Waals surface area contributed by atoms with Crippen molar-refractivity contribution in [3.63, 3.8) is 0 Å². The first-order valence-corrected chi connectivity index (χ1v) is 18.8. The smallest absolute Gasteiger partial charge is 0.425 e. The molecule has 1 fully saturated rings. The van der Waals surface area contributed by atoms with Crippen LogP contribution in [0.15, 0.2) is 42.3 Å². The first-order chi connectivity index (χ1) is 14.9. The number of nitro groups is 1. The molecular weight excluding hydrogens is 469 g/mol. The number of thioether (sulfide) groups is 1. The third-order valence-electron chi connectivity index (χ3n) is 6.72. The van der Waals surface area contributed by atoms with Crippen LogP contribution in [0.25, 0.3) is 0 Å². The van der Waals surface area contributed by atoms with E-state index >= 15 is 0 Å². The van der Waals surface area contributed by atoms with Crippen molar-refractivity contribution in [1.29, 1.82) is 0 Å². The summed E-state index contributed by atoms with van der Waals surface area (Å²) >= 11 is 1.66. The Labute approximate surface area is 205 Å². The fourth-order valence-corrected chi connectivity index (χ4v) is 11.9. The lowest BCUT2D eigenvalue weighted by atomic mass is 10.2. The summed E-state index contributed by atoms with van der Waals surface area (Å²) in [6.45, 7) is 21.9. The monoisotopic (exact) mass is 508 g/mol. The van der Waals surface area contributed by atoms with E-state index in [1.807, 2.05) is 44.2 Å². The number of amides is 1. The van der Waals surface area contributed by atoms with Gasteiger partial charge in [0.1, 0.15) is 11.5 Å². The zero-order valence-electron chi connectivity index (χ0n) is 21.8. The van der Waals surface area contributed by atoms with Crippen molar-refractivity contribution in [3.05, 3.63) is 58.0 Å². The van der Waals surface area contributed by atoms with Crippen molar-refractivity contribution in [1.82, 2.24) is 4.57 Å². The van der Waals surface area contributed by atoms with Crippen molar-refractivity contribution in [3.8, 4) is 0 Å². The first-order valence-electron chi connectivity index (χ1n) is 11.4. The van der Waals surface area contributed by atoms with Gasteiger partial charge in [-0.15, -0.1) is 11.8 Å². The predicted octanol–water partition coefficient (Wildman–Crippen LogP) is 6.72. The molecule has 184 valence electrons. The lowest BCUT2D eigenvalue weighted by Crippen LogP contribution is -2.73. The van der Waals surface area contributed by atoms with Crippen LogP contribution in [0.3, 0.4) is 0 Å². The summed E-state index contributed by atoms with van der Waals surface area (Å²) in [5.74, 6) is 0.0262. The maximum atomic E-state index is 13.4. The van der Waals surface area contributed by atoms with E-state index in [-0.39, 0.29) is 34.4 Å². The highest BCUT2D eigenvalue weighted by Crippen LogP contribution is 2.55. The Bertz CT molecular complexity index is 905. The summed E-state index contributed by atoms with van der Waals surface area (Å²) in [4.78, 5) is 24.7. The molecule has 0 N–H and O–H groups in total. The lowest BCUT2D eigenvalue weighted by Gasteiger charge is -2.61. The van der Waals surface area contributed by atoms with Crippen molar-refractivity contribution in [2.45, 2.75) is 94.7 Å². The molecule has 2 rings (SSSR count). The normalized spacial score (nSPS) is 20.5. The van der Waals surface area contributed by atoms with Gasteiger partial charge in [0, 0.05) is 10.8 Å². The molecule has 1 saturated heterocycles. The number of β-lactam (4-membered cyclic amide) rings is 1. The standard InChI is InChI=1S/C24H40N2O4SSi2/c1-23(2,3)33(9,10)25-21(27)20(32(6,7)8)22(25)31-24(4,5)16-19(26(28)29)30-17-18-14-12-11-13-15-18/h11-16,20,22H,17H2,1-10H3/b19-16-/t20-,22+/m0/s1. The Morgan fingerprint density at radius 2 is 1.67 bits per heavy atom. The molecule has 1 amide bonds. The average Bonchev–Trinajstić information content (AvgIpc) is 2.62. The van der Waals surface area contributed by atoms with Crippen LogP contribution in [-0.2, 0) is 16.1 Å². The number of ether oxygens (including phenoxy) is 1. The maximum absolute atomic E-state index is 13.4. The maximum Gasteiger partial charge on any atom is 0.425 e. The van der Waals surface area contributed by atoms with Crippen molar-refractivity contribution >= 4 is 34.0 Å². The van der Waals surface area contributed by atoms with E-state index in [4.69, 9.17) is 4.74 Å². The lowest BCUT2D eigenvalue weighted by molar-refractivity contribution is -0.465. The SMILES string of the molecule is CC(C)(/C=C(\OCc1ccccc1)[N+](=O)[O-])S[C@@H]1[C@@H]([Si](C)(C)C)C(=O)N1[Si](C)(C)C(C)(C)C. The molecule has 0 spiro atoms. The van der Waals surface area contributed by atoms with Crippen LogP contribution in [0.4, 0.5) is 0 Å². The number of rotatable bonds is 9. The highest BCUT2D eigenvalue weighted by Gasteiger charge is 2.61. The van der Waals surface area contributed by atoms with E-state index in [1.54, 1.807) is 17.8 Å². The van der Waals surface area contributed by atoms with Gasteiger partial charge in [0.25, 0.3) is 0 Å². The van der Waals surface area contributed by atoms with E-state index < -0.39 is 26.0 Å². The van der Waals surface area contributed by atoms with E-state index in [1.165, 1.54) is 0 Å². The van der Waals surface area contributed by atoms with E-state index in [0.29, 0.717) is 0 Å². The molecule has 6 nitrogen and oxygen atoms in total. The zero-order valence-corrected chi connectivity index (χ0v) is 24.6. The summed E-state index contributed by atoms with van der Waals surface area (Å²) in [6.07, 6.45) is 1.61. The number of hydrogen-bond donors (Lipinski definition) is 0. The number of nitrogens with zero attached hydrogens (tertiary/aromatic N) is 2. The van der Waals surface area contributed by atoms with Gasteiger partial charge in [-0.25, -0.2) is 0 Å². The van der Waals surface area contributed by atoms with Gasteiger partial charge in [-0.05, 0) is 24.4 Å². The molecule has 2 atom stereocenters. The summed E-state index contributed by atoms with van der Waals surface area (Å²) in [5.41, 5.74) is 0.886. The van der Waals surface area contributed by atoms with Crippen LogP contribution in [0.1, 0.15) is 40.2 Å². The minimum absolute atomic E-state index is 0.00796. The summed E-state index contributed by atoms with van der Waals surface area (Å²) in [6, 6.07) is 9.43. The van der Waals surface area contributed by atoms with Gasteiger partial charge in [-0.1, -0.05) is 83.8 Å². The molecule has 33 heavy (non-hydrogen) atoms. The second kappa shape index (κ2) is 9.58. The minimum Gasteiger partial charge on any atom is -0.436 e. The van der Waals surface area contributed by atoms with Gasteiger partial charge in [0.05, 0.1) is 19.0 Å². The molecule has 9 heteroatoms. The number of hydrogen-bond acceptors (Lipinski definition) is 5. The van der Waals surface area contributed by atoms with Crippen molar-refractivity contribution < 1.29 is 14.5 Å². The largest absolute Gasteiger partial charge is 0.436 e. The van der Waals surface area contributed by atoms with Crippen LogP contribution in [0.5, 0.6) is 0 Å². The van der Waals surface area contributed by atoms with Crippen LogP contribution in [-0.4, -0.2) is 41.8 Å². The van der Waals surface area contributed by atoms with E-state index in [2.05, 4.69) is 58.1 Å². The summed E-state index contributed by atoms with van der Waals surface area (Å²) in [7, 11) is -3.87. The Morgan fingerprint density at radius 3 is 2.12 bits per heavy atom. The molecule has 1 heterocycles. The summed E-state index contributed by atoms with van der Waals surface area (Å²) < 4.78 is 7.19. The molecule has 0 radical (unpaired) electrons. The molecule has 1 aliphatic heterocycles. The molecule has 0 aromatic heterocycles. The van der Waals surface area contributed by atoms with Crippen molar-refractivity contribution in [2.75, 3.05) is 0 Å². The molecule has 1 aliphatic rings. The third kappa shape index (κ3) is 6.30. The topological polar surface area (TPSA) is 72.7 Å². The Balaban J connectivity index is 2.33. The highest BCUT2D eigenvalue weighted by atomic mass is 32.2. The molecular formula is C24H40N2O4SSi2. The Kier molecular flexibility index (Phi) is 8.03. The third-order valence-corrected chi connectivity index (χ3v) is 16.4. The van der Waals surface area contributed by atoms with E-state index in [0.717, 1.165) is 5.56 Å². The quantitative estimate of drug-likeness (QED) is 0.122. The fourth-order valence-electron chi connectivity index (χ4n) is 3.86. The second-order valence-electron chi connectivity index (χ2n) is 12.0. The van der Waals surface area contributed by atoms with Gasteiger partial charge in [-0.3, -0.25) is 14.9 Å². The molecule has 0 aliphatic carbocycles. The number of carbonyl (C=O) groups is 1. The van der Waals surface area contributed by atoms with Gasteiger partial charge in [0.15, 0.2) is 8.24 Å². The van der Waals surface area contributed by atoms with Gasteiger partial charge >= 0.3 is 5.88 Å². The Morgan fingerprint density at radius 1 is 1.12 bits per heavy atom. The van der Waals surface area contributed by atoms with Crippen LogP contribution < -0.4 is 0 Å². The molecule has 0 unspecified atom stereocenters. The van der Waals surface area contributed by atoms with Crippen LogP contribution in [0.2, 0.25) is 43.3 Å². The first kappa shape index (κ1) is 27.7. The second-order valence-corrected chi connectivity index (χ2v) is 24.2. The molecule has 1 aromatic carbocycles. The van der Waals surface area contributed by atoms with Gasteiger partial charge in [-0.2, -0.15) is 0 Å². The number of carbonyl (C=O) groups excluding carboxylic acids is 1. The van der Waals surface area contributed by atoms with Crippen LogP contribution >= 0.6 is 11.8 Å². The Hall–Kier alpha value is -1.59. The predicted molar refractivity (Wildman–Crippen MR) is 143 cm³/mol. The summed E-state index contributed by atoms with van der Waals surface area (Å²) in [5, 5.41) is 11.8. The fraction of sp³-hybridized carbons (Fsp3) is 0.625. The average molecular weight is 509 g/mol. The van der Waals surface area contributed by atoms with E-state index in [9.17, 15) is 14.9 Å². The minimum atomic E-state index is -2.09. The van der Waals surface area contributed by atoms with Crippen LogP contribution in [0, 0.1) is 10.1 Å². The number of benzene rings is 1. The highest BCUT2D eigenvalue weighted by molar-refractivity contribution is 8.01. The molecule has 0 bridgehead atoms. The molecule has 1 aromatic rings.